The van der Waals surface area contributed by atoms with Crippen molar-refractivity contribution in [3.8, 4) is 5.69 Å². The third-order valence-electron chi connectivity index (χ3n) is 8.68. The van der Waals surface area contributed by atoms with Crippen molar-refractivity contribution in [1.82, 2.24) is 28.6 Å². The first-order chi connectivity index (χ1) is 19.2. The second-order valence-corrected chi connectivity index (χ2v) is 11.7. The van der Waals surface area contributed by atoms with Crippen molar-refractivity contribution in [2.75, 3.05) is 13.1 Å². The van der Waals surface area contributed by atoms with Gasteiger partial charge in [0.05, 0.1) is 16.8 Å². The second-order valence-electron chi connectivity index (χ2n) is 11.7. The van der Waals surface area contributed by atoms with Crippen molar-refractivity contribution < 1.29 is 13.2 Å². The van der Waals surface area contributed by atoms with Gasteiger partial charge in [-0.1, -0.05) is 31.9 Å². The molecular weight excluding hydrogens is 517 g/mol. The minimum Gasteiger partial charge on any atom is -0.320 e. The van der Waals surface area contributed by atoms with Gasteiger partial charge in [0.25, 0.3) is 0 Å². The van der Waals surface area contributed by atoms with Crippen LogP contribution in [-0.4, -0.2) is 41.7 Å². The van der Waals surface area contributed by atoms with Gasteiger partial charge in [-0.2, -0.15) is 13.2 Å². The summed E-state index contributed by atoms with van der Waals surface area (Å²) in [7, 11) is 1.92. The lowest BCUT2D eigenvalue weighted by molar-refractivity contribution is -0.136. The number of aromatic nitrogens is 5. The molecule has 212 valence electrons. The Morgan fingerprint density at radius 2 is 1.90 bits per heavy atom. The predicted molar refractivity (Wildman–Crippen MR) is 146 cm³/mol. The van der Waals surface area contributed by atoms with Crippen molar-refractivity contribution in [2.24, 2.45) is 18.9 Å². The summed E-state index contributed by atoms with van der Waals surface area (Å²) in [5.41, 5.74) is 0.574. The lowest BCUT2D eigenvalue weighted by Gasteiger charge is -2.33. The molecular formula is C30H35F3N6O. The van der Waals surface area contributed by atoms with E-state index in [1.807, 2.05) is 29.8 Å². The van der Waals surface area contributed by atoms with Crippen LogP contribution in [0.4, 0.5) is 13.2 Å². The molecule has 7 nitrogen and oxygen atoms in total. The van der Waals surface area contributed by atoms with E-state index in [1.165, 1.54) is 16.8 Å². The third kappa shape index (κ3) is 5.09. The van der Waals surface area contributed by atoms with Crippen LogP contribution in [0.1, 0.15) is 73.9 Å². The van der Waals surface area contributed by atoms with Crippen molar-refractivity contribution in [2.45, 2.75) is 64.1 Å². The standard InChI is InChI=1S/C30H35F3N6O/c1-20-7-3-4-12-37(15-20)16-21-13-25(30(31,32)33)26-18-38(29(40)39(26)17-21)24-11-6-10-23(14-24)27(22-8-5-9-22)28-35-34-19-36(28)2/h6,10-11,13-14,17-20,22,27H,3-5,7-9,12,15-16H2,1-2H3/t20-,27+/m0/s1. The Morgan fingerprint density at radius 1 is 1.07 bits per heavy atom. The fourth-order valence-corrected chi connectivity index (χ4v) is 6.44. The molecule has 6 rings (SSSR count). The number of hydrogen-bond donors (Lipinski definition) is 0. The van der Waals surface area contributed by atoms with Gasteiger partial charge in [0, 0.05) is 38.4 Å². The number of benzene rings is 1. The first-order valence-corrected chi connectivity index (χ1v) is 14.2. The molecule has 40 heavy (non-hydrogen) atoms. The first kappa shape index (κ1) is 26.8. The van der Waals surface area contributed by atoms with Gasteiger partial charge in [0.15, 0.2) is 0 Å². The number of imidazole rings is 1. The van der Waals surface area contributed by atoms with Gasteiger partial charge in [-0.25, -0.2) is 4.79 Å². The highest BCUT2D eigenvalue weighted by Crippen LogP contribution is 2.43. The molecule has 2 atom stereocenters. The van der Waals surface area contributed by atoms with E-state index in [2.05, 4.69) is 22.0 Å². The number of fused-ring (bicyclic) bond motifs is 1. The Balaban J connectivity index is 1.42. The lowest BCUT2D eigenvalue weighted by Crippen LogP contribution is -2.28. The molecule has 0 unspecified atom stereocenters. The van der Waals surface area contributed by atoms with Crippen LogP contribution in [0.5, 0.6) is 0 Å². The van der Waals surface area contributed by atoms with Gasteiger partial charge in [0.2, 0.25) is 0 Å². The average molecular weight is 553 g/mol. The Bertz CT molecular complexity index is 1560. The predicted octanol–water partition coefficient (Wildman–Crippen LogP) is 5.79. The molecule has 1 aliphatic carbocycles. The topological polar surface area (TPSA) is 60.4 Å². The smallest absolute Gasteiger partial charge is 0.320 e. The van der Waals surface area contributed by atoms with Crippen LogP contribution in [0, 0.1) is 11.8 Å². The van der Waals surface area contributed by atoms with E-state index < -0.39 is 17.4 Å². The van der Waals surface area contributed by atoms with Crippen molar-refractivity contribution in [3.05, 3.63) is 82.1 Å². The molecule has 3 aromatic heterocycles. The molecule has 10 heteroatoms. The zero-order valence-electron chi connectivity index (χ0n) is 22.9. The van der Waals surface area contributed by atoms with Gasteiger partial charge < -0.3 is 4.57 Å². The quantitative estimate of drug-likeness (QED) is 0.304. The maximum absolute atomic E-state index is 14.3. The van der Waals surface area contributed by atoms with Gasteiger partial charge in [-0.05, 0) is 73.4 Å². The Morgan fingerprint density at radius 3 is 2.60 bits per heavy atom. The van der Waals surface area contributed by atoms with Crippen LogP contribution < -0.4 is 5.69 Å². The van der Waals surface area contributed by atoms with Gasteiger partial charge in [0.1, 0.15) is 12.2 Å². The summed E-state index contributed by atoms with van der Waals surface area (Å²) in [6.07, 6.45) is 6.59. The fourth-order valence-electron chi connectivity index (χ4n) is 6.44. The van der Waals surface area contributed by atoms with Crippen molar-refractivity contribution in [1.29, 1.82) is 0 Å². The number of aryl methyl sites for hydroxylation is 1. The van der Waals surface area contributed by atoms with Gasteiger partial charge in [-0.15, -0.1) is 10.2 Å². The Hall–Kier alpha value is -3.40. The second kappa shape index (κ2) is 10.5. The van der Waals surface area contributed by atoms with E-state index in [4.69, 9.17) is 0 Å². The molecule has 1 saturated heterocycles. The highest BCUT2D eigenvalue weighted by Gasteiger charge is 2.35. The highest BCUT2D eigenvalue weighted by atomic mass is 19.4. The van der Waals surface area contributed by atoms with E-state index in [9.17, 15) is 18.0 Å². The van der Waals surface area contributed by atoms with Crippen LogP contribution in [0.25, 0.3) is 11.2 Å². The molecule has 1 aliphatic heterocycles. The molecule has 2 fully saturated rings. The van der Waals surface area contributed by atoms with E-state index in [1.54, 1.807) is 18.6 Å². The van der Waals surface area contributed by atoms with Gasteiger partial charge in [-0.3, -0.25) is 13.9 Å². The summed E-state index contributed by atoms with van der Waals surface area (Å²) < 4.78 is 47.3. The minimum atomic E-state index is -4.59. The average Bonchev–Trinajstić information content (AvgIpc) is 3.38. The summed E-state index contributed by atoms with van der Waals surface area (Å²) in [5, 5.41) is 8.44. The number of hydrogen-bond acceptors (Lipinski definition) is 4. The van der Waals surface area contributed by atoms with Gasteiger partial charge >= 0.3 is 11.9 Å². The number of rotatable bonds is 6. The van der Waals surface area contributed by atoms with Crippen LogP contribution >= 0.6 is 0 Å². The number of alkyl halides is 3. The van der Waals surface area contributed by atoms with Crippen LogP contribution in [-0.2, 0) is 19.8 Å². The molecule has 2 aliphatic rings. The molecule has 4 heterocycles. The summed E-state index contributed by atoms with van der Waals surface area (Å²) in [4.78, 5) is 15.8. The molecule has 1 saturated carbocycles. The maximum Gasteiger partial charge on any atom is 0.418 e. The number of halogens is 3. The molecule has 0 N–H and O–H groups in total. The normalized spacial score (nSPS) is 20.0. The zero-order valence-corrected chi connectivity index (χ0v) is 22.9. The summed E-state index contributed by atoms with van der Waals surface area (Å²) in [6, 6.07) is 8.75. The van der Waals surface area contributed by atoms with E-state index in [-0.39, 0.29) is 11.4 Å². The van der Waals surface area contributed by atoms with E-state index in [0.29, 0.717) is 29.6 Å². The van der Waals surface area contributed by atoms with E-state index in [0.717, 1.165) is 67.4 Å². The number of likely N-dealkylation sites (tertiary alicyclic amines) is 1. The third-order valence-corrected chi connectivity index (χ3v) is 8.68. The largest absolute Gasteiger partial charge is 0.418 e. The minimum absolute atomic E-state index is 0.00212. The summed E-state index contributed by atoms with van der Waals surface area (Å²) in [5.74, 6) is 1.75. The zero-order chi connectivity index (χ0) is 28.0. The first-order valence-electron chi connectivity index (χ1n) is 14.2. The molecule has 0 amide bonds. The number of nitrogens with zero attached hydrogens (tertiary/aromatic N) is 6. The fraction of sp³-hybridized carbons (Fsp3) is 0.500. The van der Waals surface area contributed by atoms with Crippen molar-refractivity contribution >= 4 is 5.52 Å². The van der Waals surface area contributed by atoms with Crippen molar-refractivity contribution in [3.63, 3.8) is 0 Å². The lowest BCUT2D eigenvalue weighted by atomic mass is 9.72. The summed E-state index contributed by atoms with van der Waals surface area (Å²) >= 11 is 0. The maximum atomic E-state index is 14.3. The van der Waals surface area contributed by atoms with E-state index >= 15 is 0 Å². The number of pyridine rings is 1. The molecule has 0 radical (unpaired) electrons. The SMILES string of the molecule is C[C@H]1CCCCN(Cc2cc(C(F)(F)F)c3cn(-c4cccc([C@H](c5nncn5C)C5CCC5)c4)c(=O)n3c2)C1. The molecule has 4 aromatic rings. The molecule has 0 spiro atoms. The van der Waals surface area contributed by atoms with Crippen LogP contribution in [0.15, 0.2) is 53.8 Å². The van der Waals surface area contributed by atoms with Crippen LogP contribution in [0.3, 0.4) is 0 Å². The van der Waals surface area contributed by atoms with Crippen LogP contribution in [0.2, 0.25) is 0 Å². The summed E-state index contributed by atoms with van der Waals surface area (Å²) in [6.45, 7) is 4.26. The molecule has 1 aromatic carbocycles. The highest BCUT2D eigenvalue weighted by molar-refractivity contribution is 5.58. The molecule has 0 bridgehead atoms. The monoisotopic (exact) mass is 552 g/mol. The Kier molecular flexibility index (Phi) is 7.06. The Labute approximate surface area is 231 Å².